The molecule has 0 radical (unpaired) electrons. The Morgan fingerprint density at radius 3 is 2.87 bits per heavy atom. The Labute approximate surface area is 175 Å². The number of alkyl halides is 2. The number of carbonyl (C=O) groups excluding carboxylic acids is 2. The smallest absolute Gasteiger partial charge is 0.261 e. The molecule has 12 heteroatoms. The molecule has 1 aromatic carbocycles. The Hall–Kier alpha value is -3.15. The Bertz CT molecular complexity index is 928. The molecule has 168 valence electrons. The number of hydrogen-bond donors (Lipinski definition) is 3. The lowest BCUT2D eigenvalue weighted by atomic mass is 10.2. The van der Waals surface area contributed by atoms with Gasteiger partial charge in [-0.3, -0.25) is 14.5 Å². The Balaban J connectivity index is 1.70. The van der Waals surface area contributed by atoms with Crippen LogP contribution in [0.1, 0.15) is 13.3 Å². The maximum absolute atomic E-state index is 14.5. The maximum atomic E-state index is 14.5. The number of hydrogen-bond acceptors (Lipinski definition) is 7. The molecule has 3 aliphatic rings. The highest BCUT2D eigenvalue weighted by molar-refractivity contribution is 5.85. The van der Waals surface area contributed by atoms with Gasteiger partial charge in [0.05, 0.1) is 36.5 Å². The number of benzene rings is 1. The first-order valence-electron chi connectivity index (χ1n) is 9.73. The molecule has 0 aromatic heterocycles. The van der Waals surface area contributed by atoms with E-state index < -0.39 is 36.1 Å². The van der Waals surface area contributed by atoms with Gasteiger partial charge in [-0.1, -0.05) is 0 Å². The van der Waals surface area contributed by atoms with E-state index in [1.165, 1.54) is 25.3 Å². The van der Waals surface area contributed by atoms with Gasteiger partial charge in [-0.15, -0.1) is 0 Å². The quantitative estimate of drug-likeness (QED) is 0.634. The molecule has 0 aliphatic carbocycles. The van der Waals surface area contributed by atoms with Gasteiger partial charge in [0.1, 0.15) is 30.7 Å². The van der Waals surface area contributed by atoms with Crippen molar-refractivity contribution in [1.82, 2.24) is 4.90 Å². The topological polar surface area (TPSA) is 109 Å². The molecule has 0 spiro atoms. The van der Waals surface area contributed by atoms with E-state index in [1.807, 2.05) is 0 Å². The largest absolute Gasteiger partial charge is 0.478 e. The molecule has 9 nitrogen and oxygen atoms in total. The second kappa shape index (κ2) is 8.17. The minimum absolute atomic E-state index is 0.0277. The summed E-state index contributed by atoms with van der Waals surface area (Å²) in [4.78, 5) is 26.3. The fraction of sp³-hybridized carbons (Fsp3) is 0.474. The van der Waals surface area contributed by atoms with Gasteiger partial charge in [-0.2, -0.15) is 0 Å². The van der Waals surface area contributed by atoms with E-state index in [0.29, 0.717) is 17.8 Å². The second-order valence-electron chi connectivity index (χ2n) is 7.47. The molecule has 1 saturated heterocycles. The van der Waals surface area contributed by atoms with Crippen molar-refractivity contribution in [1.29, 1.82) is 0 Å². The summed E-state index contributed by atoms with van der Waals surface area (Å²) in [5.41, 5.74) is 6.31. The third-order valence-corrected chi connectivity index (χ3v) is 5.35. The average molecular weight is 441 g/mol. The van der Waals surface area contributed by atoms with Gasteiger partial charge >= 0.3 is 0 Å². The third kappa shape index (κ3) is 3.94. The van der Waals surface area contributed by atoms with Crippen LogP contribution in [0.3, 0.4) is 0 Å². The van der Waals surface area contributed by atoms with Gasteiger partial charge in [-0.05, 0) is 13.0 Å². The molecule has 4 rings (SSSR count). The van der Waals surface area contributed by atoms with Crippen molar-refractivity contribution in [2.45, 2.75) is 38.0 Å². The molecule has 4 N–H and O–H groups in total. The zero-order valence-electron chi connectivity index (χ0n) is 16.6. The average Bonchev–Trinajstić information content (AvgIpc) is 2.89. The minimum Gasteiger partial charge on any atom is -0.478 e. The molecule has 31 heavy (non-hydrogen) atoms. The Kier molecular flexibility index (Phi) is 5.56. The van der Waals surface area contributed by atoms with Gasteiger partial charge < -0.3 is 30.7 Å². The summed E-state index contributed by atoms with van der Waals surface area (Å²) in [5, 5.41) is 5.87. The summed E-state index contributed by atoms with van der Waals surface area (Å²) < 4.78 is 52.2. The van der Waals surface area contributed by atoms with Crippen molar-refractivity contribution in [3.63, 3.8) is 0 Å². The lowest BCUT2D eigenvalue weighted by Crippen LogP contribution is -2.52. The number of primary amides is 1. The number of ether oxygens (including phenoxy) is 2. The van der Waals surface area contributed by atoms with Crippen LogP contribution >= 0.6 is 0 Å². The van der Waals surface area contributed by atoms with Gasteiger partial charge in [0.25, 0.3) is 12.3 Å². The zero-order chi connectivity index (χ0) is 22.3. The first-order valence-corrected chi connectivity index (χ1v) is 9.73. The third-order valence-electron chi connectivity index (χ3n) is 5.35. The normalized spacial score (nSPS) is 23.9. The predicted molar refractivity (Wildman–Crippen MR) is 105 cm³/mol. The van der Waals surface area contributed by atoms with E-state index in [-0.39, 0.29) is 37.6 Å². The number of anilines is 3. The summed E-state index contributed by atoms with van der Waals surface area (Å²) in [6.45, 7) is 1.02. The molecule has 2 unspecified atom stereocenters. The molecular formula is C19H22F3N5O4. The van der Waals surface area contributed by atoms with Crippen molar-refractivity contribution in [2.24, 2.45) is 5.73 Å². The van der Waals surface area contributed by atoms with Gasteiger partial charge in [-0.25, -0.2) is 13.2 Å². The second-order valence-corrected chi connectivity index (χ2v) is 7.47. The number of nitrogens with zero attached hydrogens (tertiary/aromatic N) is 2. The SMILES string of the molecule is CC(Nc1cc2c(cc1F)NC1CCOC(N3C(=O)COC[C@H]3C(F)F)=CN21)C(N)=O. The lowest BCUT2D eigenvalue weighted by molar-refractivity contribution is -0.156. The minimum atomic E-state index is -2.82. The summed E-state index contributed by atoms with van der Waals surface area (Å²) in [5.74, 6) is -1.89. The van der Waals surface area contributed by atoms with Crippen LogP contribution in [0.15, 0.2) is 24.2 Å². The van der Waals surface area contributed by atoms with Crippen LogP contribution in [0, 0.1) is 5.82 Å². The maximum Gasteiger partial charge on any atom is 0.261 e. The summed E-state index contributed by atoms with van der Waals surface area (Å²) >= 11 is 0. The molecule has 0 bridgehead atoms. The van der Waals surface area contributed by atoms with Crippen LogP contribution in [0.4, 0.5) is 30.2 Å². The van der Waals surface area contributed by atoms with E-state index >= 15 is 0 Å². The standard InChI is InChI=1S/C19H22F3N5O4/c1-9(19(23)29)24-11-5-13-12(4-10(11)20)25-15-2-3-31-17(6-26(13)15)27-14(18(21)22)7-30-8-16(27)28/h4-6,9,14-15,18,24-25H,2-3,7-8H2,1H3,(H2,23,29)/t9?,14-,15?/m0/s1. The van der Waals surface area contributed by atoms with E-state index in [2.05, 4.69) is 10.6 Å². The summed E-state index contributed by atoms with van der Waals surface area (Å²) in [7, 11) is 0. The van der Waals surface area contributed by atoms with Gasteiger partial charge in [0.2, 0.25) is 11.8 Å². The summed E-state index contributed by atoms with van der Waals surface area (Å²) in [6.07, 6.45) is -1.27. The zero-order valence-corrected chi connectivity index (χ0v) is 16.6. The number of halogens is 3. The Morgan fingerprint density at radius 2 is 2.16 bits per heavy atom. The number of carbonyl (C=O) groups is 2. The van der Waals surface area contributed by atoms with Crippen molar-refractivity contribution >= 4 is 28.9 Å². The van der Waals surface area contributed by atoms with Crippen LogP contribution in [0.2, 0.25) is 0 Å². The molecule has 3 aliphatic heterocycles. The number of amides is 2. The van der Waals surface area contributed by atoms with E-state index in [4.69, 9.17) is 15.2 Å². The van der Waals surface area contributed by atoms with E-state index in [1.54, 1.807) is 4.90 Å². The van der Waals surface area contributed by atoms with E-state index in [0.717, 1.165) is 4.90 Å². The highest BCUT2D eigenvalue weighted by Gasteiger charge is 2.40. The van der Waals surface area contributed by atoms with Crippen molar-refractivity contribution in [3.05, 3.63) is 30.0 Å². The van der Waals surface area contributed by atoms with Crippen LogP contribution in [-0.4, -0.2) is 61.2 Å². The highest BCUT2D eigenvalue weighted by Crippen LogP contribution is 2.41. The Morgan fingerprint density at radius 1 is 1.39 bits per heavy atom. The van der Waals surface area contributed by atoms with Gasteiger partial charge in [0.15, 0.2) is 0 Å². The summed E-state index contributed by atoms with van der Waals surface area (Å²) in [6, 6.07) is 0.480. The highest BCUT2D eigenvalue weighted by atomic mass is 19.3. The van der Waals surface area contributed by atoms with Crippen molar-refractivity contribution < 1.29 is 32.2 Å². The van der Waals surface area contributed by atoms with Crippen LogP contribution in [-0.2, 0) is 19.1 Å². The first kappa shape index (κ1) is 21.1. The molecule has 1 fully saturated rings. The molecule has 0 saturated carbocycles. The van der Waals surface area contributed by atoms with Crippen LogP contribution in [0.25, 0.3) is 0 Å². The van der Waals surface area contributed by atoms with Crippen LogP contribution in [0.5, 0.6) is 0 Å². The molecule has 3 atom stereocenters. The van der Waals surface area contributed by atoms with Gasteiger partial charge in [0, 0.05) is 12.5 Å². The molecule has 2 amide bonds. The van der Waals surface area contributed by atoms with Crippen molar-refractivity contribution in [3.8, 4) is 0 Å². The number of rotatable bonds is 5. The van der Waals surface area contributed by atoms with Crippen molar-refractivity contribution in [2.75, 3.05) is 35.4 Å². The number of nitrogens with one attached hydrogen (secondary N) is 2. The van der Waals surface area contributed by atoms with Crippen LogP contribution < -0.4 is 21.3 Å². The molecular weight excluding hydrogens is 419 g/mol. The fourth-order valence-electron chi connectivity index (χ4n) is 3.72. The number of morpholine rings is 1. The molecule has 3 heterocycles. The number of nitrogens with two attached hydrogens (primary N) is 1. The monoisotopic (exact) mass is 441 g/mol. The predicted octanol–water partition coefficient (Wildman–Crippen LogP) is 1.38. The first-order chi connectivity index (χ1) is 14.8. The number of fused-ring (bicyclic) bond motifs is 3. The fourth-order valence-corrected chi connectivity index (χ4v) is 3.72. The van der Waals surface area contributed by atoms with E-state index in [9.17, 15) is 22.8 Å². The lowest BCUT2D eigenvalue weighted by Gasteiger charge is -2.35. The molecule has 1 aromatic rings.